The van der Waals surface area contributed by atoms with Gasteiger partial charge in [0.05, 0.1) is 19.3 Å². The summed E-state index contributed by atoms with van der Waals surface area (Å²) in [5.74, 6) is 0. The summed E-state index contributed by atoms with van der Waals surface area (Å²) in [6.07, 6.45) is 0.227. The summed E-state index contributed by atoms with van der Waals surface area (Å²) in [4.78, 5) is 0. The average molecular weight is 162 g/mol. The van der Waals surface area contributed by atoms with Crippen molar-refractivity contribution in [1.29, 1.82) is 0 Å². The van der Waals surface area contributed by atoms with Crippen LogP contribution in [0.1, 0.15) is 27.2 Å². The Bertz CT molecular complexity index is 83.4. The Morgan fingerprint density at radius 2 is 1.73 bits per heavy atom. The van der Waals surface area contributed by atoms with Gasteiger partial charge in [-0.25, -0.2) is 0 Å². The Morgan fingerprint density at radius 3 is 2.18 bits per heavy atom. The summed E-state index contributed by atoms with van der Waals surface area (Å²) in [5.41, 5.74) is 0. The minimum Gasteiger partial charge on any atom is -0.376 e. The van der Waals surface area contributed by atoms with Crippen LogP contribution in [0, 0.1) is 0 Å². The molecule has 11 heavy (non-hydrogen) atoms. The molecule has 1 atom stereocenters. The number of rotatable bonds is 6. The minimum atomic E-state index is -0.634. The van der Waals surface area contributed by atoms with Crippen LogP contribution in [-0.4, -0.2) is 30.7 Å². The van der Waals surface area contributed by atoms with E-state index in [1.165, 1.54) is 0 Å². The van der Waals surface area contributed by atoms with Gasteiger partial charge in [0.2, 0.25) is 0 Å². The quantitative estimate of drug-likeness (QED) is 0.470. The van der Waals surface area contributed by atoms with Gasteiger partial charge in [-0.3, -0.25) is 0 Å². The standard InChI is InChI=1S/C8H18O3/c1-4-8(9)11-6-5-10-7(2)3/h7-9H,4-6H2,1-3H3. The molecule has 68 valence electrons. The second-order valence-electron chi connectivity index (χ2n) is 2.65. The zero-order valence-electron chi connectivity index (χ0n) is 7.54. The van der Waals surface area contributed by atoms with E-state index in [1.807, 2.05) is 20.8 Å². The van der Waals surface area contributed by atoms with Crippen molar-refractivity contribution in [3.05, 3.63) is 0 Å². The molecule has 3 heteroatoms. The monoisotopic (exact) mass is 162 g/mol. The van der Waals surface area contributed by atoms with Crippen LogP contribution in [0.25, 0.3) is 0 Å². The fourth-order valence-corrected chi connectivity index (χ4v) is 0.586. The van der Waals surface area contributed by atoms with Gasteiger partial charge in [-0.05, 0) is 20.3 Å². The molecule has 0 aromatic heterocycles. The molecule has 0 spiro atoms. The largest absolute Gasteiger partial charge is 0.376 e. The molecule has 1 unspecified atom stereocenters. The summed E-state index contributed by atoms with van der Waals surface area (Å²) < 4.78 is 10.2. The molecular formula is C8H18O3. The highest BCUT2D eigenvalue weighted by atomic mass is 16.6. The molecular weight excluding hydrogens is 144 g/mol. The lowest BCUT2D eigenvalue weighted by Gasteiger charge is -2.10. The minimum absolute atomic E-state index is 0.234. The maximum Gasteiger partial charge on any atom is 0.154 e. The smallest absolute Gasteiger partial charge is 0.154 e. The zero-order valence-corrected chi connectivity index (χ0v) is 7.54. The molecule has 1 N–H and O–H groups in total. The maximum absolute atomic E-state index is 8.95. The predicted octanol–water partition coefficient (Wildman–Crippen LogP) is 1.16. The highest BCUT2D eigenvalue weighted by molar-refractivity contribution is 4.38. The molecule has 0 radical (unpaired) electrons. The van der Waals surface area contributed by atoms with Gasteiger partial charge in [0.1, 0.15) is 0 Å². The van der Waals surface area contributed by atoms with Gasteiger partial charge in [0.15, 0.2) is 6.29 Å². The molecule has 0 amide bonds. The van der Waals surface area contributed by atoms with E-state index in [0.29, 0.717) is 19.6 Å². The average Bonchev–Trinajstić information content (AvgIpc) is 1.97. The molecule has 0 saturated heterocycles. The lowest BCUT2D eigenvalue weighted by atomic mass is 10.5. The lowest BCUT2D eigenvalue weighted by molar-refractivity contribution is -0.116. The van der Waals surface area contributed by atoms with Crippen molar-refractivity contribution in [3.63, 3.8) is 0 Å². The number of ether oxygens (including phenoxy) is 2. The van der Waals surface area contributed by atoms with Crippen molar-refractivity contribution < 1.29 is 14.6 Å². The molecule has 0 heterocycles. The van der Waals surface area contributed by atoms with Crippen molar-refractivity contribution in [3.8, 4) is 0 Å². The van der Waals surface area contributed by atoms with Crippen molar-refractivity contribution in [2.75, 3.05) is 13.2 Å². The van der Waals surface area contributed by atoms with Crippen LogP contribution < -0.4 is 0 Å². The van der Waals surface area contributed by atoms with Crippen molar-refractivity contribution in [2.24, 2.45) is 0 Å². The van der Waals surface area contributed by atoms with E-state index >= 15 is 0 Å². The van der Waals surface area contributed by atoms with E-state index in [4.69, 9.17) is 14.6 Å². The van der Waals surface area contributed by atoms with Crippen LogP contribution >= 0.6 is 0 Å². The summed E-state index contributed by atoms with van der Waals surface area (Å²) in [6, 6.07) is 0. The molecule has 0 saturated carbocycles. The van der Waals surface area contributed by atoms with Crippen LogP contribution in [0.15, 0.2) is 0 Å². The van der Waals surface area contributed by atoms with Gasteiger partial charge in [-0.15, -0.1) is 0 Å². The van der Waals surface area contributed by atoms with E-state index < -0.39 is 6.29 Å². The number of aliphatic hydroxyl groups excluding tert-OH is 1. The van der Waals surface area contributed by atoms with Crippen molar-refractivity contribution in [1.82, 2.24) is 0 Å². The van der Waals surface area contributed by atoms with Gasteiger partial charge in [0, 0.05) is 0 Å². The Kier molecular flexibility index (Phi) is 6.51. The Balaban J connectivity index is 3.01. The molecule has 0 bridgehead atoms. The molecule has 0 aromatic rings. The molecule has 0 aliphatic carbocycles. The second kappa shape index (κ2) is 6.58. The van der Waals surface area contributed by atoms with Crippen LogP contribution in [0.4, 0.5) is 0 Å². The first-order valence-corrected chi connectivity index (χ1v) is 4.08. The summed E-state index contributed by atoms with van der Waals surface area (Å²) >= 11 is 0. The Hall–Kier alpha value is -0.120. The zero-order chi connectivity index (χ0) is 8.69. The molecule has 0 fully saturated rings. The first-order valence-electron chi connectivity index (χ1n) is 4.08. The van der Waals surface area contributed by atoms with Crippen LogP contribution in [0.3, 0.4) is 0 Å². The van der Waals surface area contributed by atoms with E-state index in [2.05, 4.69) is 0 Å². The first-order chi connectivity index (χ1) is 5.16. The van der Waals surface area contributed by atoms with E-state index in [9.17, 15) is 0 Å². The van der Waals surface area contributed by atoms with Crippen molar-refractivity contribution in [2.45, 2.75) is 39.6 Å². The van der Waals surface area contributed by atoms with Gasteiger partial charge in [-0.1, -0.05) is 6.92 Å². The Labute approximate surface area is 68.3 Å². The molecule has 0 rings (SSSR count). The van der Waals surface area contributed by atoms with Crippen LogP contribution in [-0.2, 0) is 9.47 Å². The number of hydrogen-bond acceptors (Lipinski definition) is 3. The number of hydrogen-bond donors (Lipinski definition) is 1. The van der Waals surface area contributed by atoms with E-state index in [-0.39, 0.29) is 6.10 Å². The van der Waals surface area contributed by atoms with E-state index in [1.54, 1.807) is 0 Å². The van der Waals surface area contributed by atoms with Gasteiger partial charge in [0.25, 0.3) is 0 Å². The predicted molar refractivity (Wildman–Crippen MR) is 43.3 cm³/mol. The third-order valence-corrected chi connectivity index (χ3v) is 1.19. The SMILES string of the molecule is CCC(O)OCCOC(C)C. The third kappa shape index (κ3) is 7.78. The third-order valence-electron chi connectivity index (χ3n) is 1.19. The molecule has 0 aromatic carbocycles. The van der Waals surface area contributed by atoms with E-state index in [0.717, 1.165) is 0 Å². The highest BCUT2D eigenvalue weighted by Crippen LogP contribution is 1.93. The maximum atomic E-state index is 8.95. The lowest BCUT2D eigenvalue weighted by Crippen LogP contribution is -2.16. The summed E-state index contributed by atoms with van der Waals surface area (Å²) in [7, 11) is 0. The van der Waals surface area contributed by atoms with Gasteiger partial charge < -0.3 is 14.6 Å². The summed E-state index contributed by atoms with van der Waals surface area (Å²) in [5, 5.41) is 8.95. The molecule has 0 aliphatic rings. The topological polar surface area (TPSA) is 38.7 Å². The van der Waals surface area contributed by atoms with Crippen LogP contribution in [0.2, 0.25) is 0 Å². The fourth-order valence-electron chi connectivity index (χ4n) is 0.586. The van der Waals surface area contributed by atoms with Crippen molar-refractivity contribution >= 4 is 0 Å². The fraction of sp³-hybridized carbons (Fsp3) is 1.00. The molecule has 0 aliphatic heterocycles. The second-order valence-corrected chi connectivity index (χ2v) is 2.65. The summed E-state index contributed by atoms with van der Waals surface area (Å²) in [6.45, 7) is 6.82. The first kappa shape index (κ1) is 10.9. The van der Waals surface area contributed by atoms with Crippen LogP contribution in [0.5, 0.6) is 0 Å². The molecule has 3 nitrogen and oxygen atoms in total. The number of aliphatic hydroxyl groups is 1. The van der Waals surface area contributed by atoms with Gasteiger partial charge >= 0.3 is 0 Å². The normalized spacial score (nSPS) is 13.9. The highest BCUT2D eigenvalue weighted by Gasteiger charge is 1.99. The van der Waals surface area contributed by atoms with Gasteiger partial charge in [-0.2, -0.15) is 0 Å². The Morgan fingerprint density at radius 1 is 1.18 bits per heavy atom.